The third kappa shape index (κ3) is 3.57. The minimum atomic E-state index is -0.522. The Bertz CT molecular complexity index is 390. The number of nitrogens with two attached hydrogens (primary N) is 2. The number of hydrogen-bond donors (Lipinski definition) is 2. The molecule has 1 amide bonds. The summed E-state index contributed by atoms with van der Waals surface area (Å²) in [6.45, 7) is 1.82. The van der Waals surface area contributed by atoms with Crippen molar-refractivity contribution in [3.8, 4) is 0 Å². The number of rotatable bonds is 6. The Morgan fingerprint density at radius 1 is 1.35 bits per heavy atom. The molecule has 17 heavy (non-hydrogen) atoms. The van der Waals surface area contributed by atoms with Crippen LogP contribution in [0.2, 0.25) is 0 Å². The fourth-order valence-electron chi connectivity index (χ4n) is 1.51. The SMILES string of the molecule is CN(C)CCCN(C)c1snc(N)c1C(N)=O. The molecule has 7 heteroatoms. The minimum absolute atomic E-state index is 0.219. The van der Waals surface area contributed by atoms with Gasteiger partial charge in [0.1, 0.15) is 10.6 Å². The molecule has 0 spiro atoms. The summed E-state index contributed by atoms with van der Waals surface area (Å²) in [6.07, 6.45) is 1.000. The van der Waals surface area contributed by atoms with Crippen molar-refractivity contribution in [2.45, 2.75) is 6.42 Å². The molecule has 0 aromatic carbocycles. The third-order valence-corrected chi connectivity index (χ3v) is 3.37. The minimum Gasteiger partial charge on any atom is -0.382 e. The molecule has 0 aliphatic carbocycles. The molecule has 0 fully saturated rings. The number of hydrogen-bond acceptors (Lipinski definition) is 6. The number of nitrogens with zero attached hydrogens (tertiary/aromatic N) is 3. The molecule has 0 bridgehead atoms. The lowest BCUT2D eigenvalue weighted by molar-refractivity contribution is 0.100. The zero-order valence-electron chi connectivity index (χ0n) is 10.4. The van der Waals surface area contributed by atoms with Gasteiger partial charge in [-0.1, -0.05) is 0 Å². The zero-order chi connectivity index (χ0) is 13.0. The summed E-state index contributed by atoms with van der Waals surface area (Å²) in [5.74, 6) is -0.303. The smallest absolute Gasteiger partial charge is 0.255 e. The van der Waals surface area contributed by atoms with Gasteiger partial charge in [-0.25, -0.2) is 0 Å². The molecule has 0 aliphatic heterocycles. The van der Waals surface area contributed by atoms with E-state index in [0.717, 1.165) is 24.5 Å². The number of nitrogen functional groups attached to an aromatic ring is 1. The van der Waals surface area contributed by atoms with E-state index in [-0.39, 0.29) is 5.82 Å². The first-order valence-corrected chi connectivity index (χ1v) is 6.11. The first-order chi connectivity index (χ1) is 7.93. The fraction of sp³-hybridized carbons (Fsp3) is 0.600. The maximum atomic E-state index is 11.3. The lowest BCUT2D eigenvalue weighted by Crippen LogP contribution is -2.25. The van der Waals surface area contributed by atoms with Gasteiger partial charge in [0.2, 0.25) is 0 Å². The van der Waals surface area contributed by atoms with Crippen molar-refractivity contribution in [3.05, 3.63) is 5.56 Å². The summed E-state index contributed by atoms with van der Waals surface area (Å²) >= 11 is 1.21. The Hall–Kier alpha value is -1.34. The molecule has 96 valence electrons. The van der Waals surface area contributed by atoms with Gasteiger partial charge in [-0.2, -0.15) is 4.37 Å². The summed E-state index contributed by atoms with van der Waals surface area (Å²) in [5, 5.41) is 0.744. The second-order valence-corrected chi connectivity index (χ2v) is 4.94. The number of primary amides is 1. The number of carbonyl (C=O) groups is 1. The van der Waals surface area contributed by atoms with Crippen molar-refractivity contribution in [2.24, 2.45) is 5.73 Å². The number of amides is 1. The number of anilines is 2. The van der Waals surface area contributed by atoms with E-state index < -0.39 is 5.91 Å². The maximum absolute atomic E-state index is 11.3. The molecule has 6 nitrogen and oxygen atoms in total. The van der Waals surface area contributed by atoms with Crippen molar-refractivity contribution >= 4 is 28.3 Å². The molecule has 1 heterocycles. The van der Waals surface area contributed by atoms with Crippen LogP contribution in [0.15, 0.2) is 0 Å². The largest absolute Gasteiger partial charge is 0.382 e. The van der Waals surface area contributed by atoms with Gasteiger partial charge in [-0.3, -0.25) is 4.79 Å². The summed E-state index contributed by atoms with van der Waals surface area (Å²) < 4.78 is 3.97. The quantitative estimate of drug-likeness (QED) is 0.760. The summed E-state index contributed by atoms with van der Waals surface area (Å²) in [4.78, 5) is 15.3. The standard InChI is InChI=1S/C10H19N5OS/c1-14(2)5-4-6-15(3)10-7(9(12)16)8(11)13-17-10/h4-6H2,1-3H3,(H2,11,13)(H2,12,16). The van der Waals surface area contributed by atoms with Crippen LogP contribution in [0.3, 0.4) is 0 Å². The average molecular weight is 257 g/mol. The highest BCUT2D eigenvalue weighted by atomic mass is 32.1. The van der Waals surface area contributed by atoms with Gasteiger partial charge < -0.3 is 21.3 Å². The van der Waals surface area contributed by atoms with E-state index in [9.17, 15) is 4.79 Å². The van der Waals surface area contributed by atoms with Crippen molar-refractivity contribution in [1.29, 1.82) is 0 Å². The highest BCUT2D eigenvalue weighted by Crippen LogP contribution is 2.29. The Morgan fingerprint density at radius 2 is 2.00 bits per heavy atom. The van der Waals surface area contributed by atoms with E-state index in [4.69, 9.17) is 11.5 Å². The van der Waals surface area contributed by atoms with Gasteiger partial charge in [0.05, 0.1) is 0 Å². The van der Waals surface area contributed by atoms with E-state index >= 15 is 0 Å². The second kappa shape index (κ2) is 5.83. The van der Waals surface area contributed by atoms with Gasteiger partial charge in [-0.15, -0.1) is 0 Å². The first kappa shape index (κ1) is 13.7. The van der Waals surface area contributed by atoms with Gasteiger partial charge in [0.15, 0.2) is 5.82 Å². The molecular formula is C10H19N5OS. The molecule has 0 saturated heterocycles. The Labute approximate surface area is 105 Å². The Kier molecular flexibility index (Phi) is 4.71. The van der Waals surface area contributed by atoms with Crippen LogP contribution >= 0.6 is 11.5 Å². The van der Waals surface area contributed by atoms with E-state index in [1.807, 2.05) is 26.0 Å². The fourth-order valence-corrected chi connectivity index (χ4v) is 2.31. The Balaban J connectivity index is 2.69. The van der Waals surface area contributed by atoms with Gasteiger partial charge >= 0.3 is 0 Å². The monoisotopic (exact) mass is 257 g/mol. The predicted molar refractivity (Wildman–Crippen MR) is 71.5 cm³/mol. The van der Waals surface area contributed by atoms with Crippen LogP contribution in [0.5, 0.6) is 0 Å². The van der Waals surface area contributed by atoms with Crippen LogP contribution in [-0.2, 0) is 0 Å². The molecule has 0 unspecified atom stereocenters. The second-order valence-electron chi connectivity index (χ2n) is 4.19. The zero-order valence-corrected chi connectivity index (χ0v) is 11.3. The van der Waals surface area contributed by atoms with Crippen molar-refractivity contribution in [2.75, 3.05) is 44.9 Å². The summed E-state index contributed by atoms with van der Waals surface area (Å²) in [7, 11) is 5.97. The van der Waals surface area contributed by atoms with Crippen molar-refractivity contribution < 1.29 is 4.79 Å². The molecule has 0 aliphatic rings. The van der Waals surface area contributed by atoms with Crippen LogP contribution in [0, 0.1) is 0 Å². The van der Waals surface area contributed by atoms with E-state index in [2.05, 4.69) is 9.27 Å². The van der Waals surface area contributed by atoms with Crippen LogP contribution in [0.25, 0.3) is 0 Å². The summed E-state index contributed by atoms with van der Waals surface area (Å²) in [5.41, 5.74) is 11.2. The van der Waals surface area contributed by atoms with Crippen LogP contribution in [-0.4, -0.2) is 49.4 Å². The van der Waals surface area contributed by atoms with E-state index in [1.165, 1.54) is 11.5 Å². The van der Waals surface area contributed by atoms with E-state index in [0.29, 0.717) is 5.56 Å². The van der Waals surface area contributed by atoms with Crippen LogP contribution in [0.4, 0.5) is 10.8 Å². The van der Waals surface area contributed by atoms with Crippen molar-refractivity contribution in [3.63, 3.8) is 0 Å². The lowest BCUT2D eigenvalue weighted by Gasteiger charge is -2.19. The lowest BCUT2D eigenvalue weighted by atomic mass is 10.3. The highest BCUT2D eigenvalue weighted by molar-refractivity contribution is 7.11. The van der Waals surface area contributed by atoms with Gasteiger partial charge in [0, 0.05) is 13.6 Å². The predicted octanol–water partition coefficient (Wildman–Crippen LogP) is 0.212. The molecule has 0 radical (unpaired) electrons. The van der Waals surface area contributed by atoms with Gasteiger partial charge in [0.25, 0.3) is 5.91 Å². The normalized spacial score (nSPS) is 10.8. The van der Waals surface area contributed by atoms with Crippen LogP contribution in [0.1, 0.15) is 16.8 Å². The maximum Gasteiger partial charge on any atom is 0.255 e. The van der Waals surface area contributed by atoms with Crippen LogP contribution < -0.4 is 16.4 Å². The highest BCUT2D eigenvalue weighted by Gasteiger charge is 2.19. The molecule has 4 N–H and O–H groups in total. The summed E-state index contributed by atoms with van der Waals surface area (Å²) in [6, 6.07) is 0. The molecule has 0 atom stereocenters. The molecule has 0 saturated carbocycles. The topological polar surface area (TPSA) is 88.5 Å². The molecule has 1 aromatic rings. The Morgan fingerprint density at radius 3 is 2.53 bits per heavy atom. The first-order valence-electron chi connectivity index (χ1n) is 5.34. The van der Waals surface area contributed by atoms with E-state index in [1.54, 1.807) is 0 Å². The third-order valence-electron chi connectivity index (χ3n) is 2.39. The number of aromatic nitrogens is 1. The molecule has 1 rings (SSSR count). The molecular weight excluding hydrogens is 238 g/mol. The number of carbonyl (C=O) groups excluding carboxylic acids is 1. The molecule has 1 aromatic heterocycles. The van der Waals surface area contributed by atoms with Crippen molar-refractivity contribution in [1.82, 2.24) is 9.27 Å². The van der Waals surface area contributed by atoms with Gasteiger partial charge in [-0.05, 0) is 38.6 Å². The average Bonchev–Trinajstić information content (AvgIpc) is 2.59.